The molecule has 150 valence electrons. The highest BCUT2D eigenvalue weighted by molar-refractivity contribution is 8.26. The van der Waals surface area contributed by atoms with Gasteiger partial charge < -0.3 is 9.52 Å². The average molecular weight is 439 g/mol. The second-order valence-corrected chi connectivity index (χ2v) is 8.09. The number of carbonyl (C=O) groups excluding carboxylic acids is 1. The Morgan fingerprint density at radius 1 is 1.10 bits per heavy atom. The lowest BCUT2D eigenvalue weighted by molar-refractivity contribution is -0.145. The first-order valence-electron chi connectivity index (χ1n) is 8.84. The van der Waals surface area contributed by atoms with E-state index in [1.54, 1.807) is 54.6 Å². The van der Waals surface area contributed by atoms with E-state index in [4.69, 9.17) is 16.6 Å². The summed E-state index contributed by atoms with van der Waals surface area (Å²) in [6, 6.07) is 16.5. The van der Waals surface area contributed by atoms with Crippen molar-refractivity contribution >= 4 is 46.3 Å². The van der Waals surface area contributed by atoms with Gasteiger partial charge >= 0.3 is 5.97 Å². The molecule has 1 fully saturated rings. The summed E-state index contributed by atoms with van der Waals surface area (Å²) in [7, 11) is 0. The molecular weight excluding hydrogens is 425 g/mol. The van der Waals surface area contributed by atoms with Crippen LogP contribution in [0.5, 0.6) is 0 Å². The normalized spacial score (nSPS) is 16.3. The number of thiocarbonyl (C=S) groups is 1. The molecule has 0 saturated carbocycles. The highest BCUT2D eigenvalue weighted by Crippen LogP contribution is 2.38. The van der Waals surface area contributed by atoms with Gasteiger partial charge in [-0.1, -0.05) is 54.3 Å². The summed E-state index contributed by atoms with van der Waals surface area (Å²) in [5.41, 5.74) is 1.15. The van der Waals surface area contributed by atoms with E-state index in [0.29, 0.717) is 22.6 Å². The summed E-state index contributed by atoms with van der Waals surface area (Å²) in [5, 5.41) is 9.72. The quantitative estimate of drug-likeness (QED) is 0.440. The monoisotopic (exact) mass is 439 g/mol. The molecule has 2 heterocycles. The van der Waals surface area contributed by atoms with Gasteiger partial charge in [0.1, 0.15) is 21.7 Å². The summed E-state index contributed by atoms with van der Waals surface area (Å²) in [5.74, 6) is -1.09. The molecule has 0 spiro atoms. The molecule has 30 heavy (non-hydrogen) atoms. The first-order chi connectivity index (χ1) is 14.4. The Balaban J connectivity index is 1.62. The second-order valence-electron chi connectivity index (χ2n) is 6.41. The van der Waals surface area contributed by atoms with Crippen LogP contribution in [-0.4, -0.2) is 26.2 Å². The molecule has 1 unspecified atom stereocenters. The molecule has 2 aromatic carbocycles. The van der Waals surface area contributed by atoms with Crippen molar-refractivity contribution in [1.29, 1.82) is 0 Å². The third-order valence-corrected chi connectivity index (χ3v) is 5.79. The van der Waals surface area contributed by atoms with Gasteiger partial charge in [0.15, 0.2) is 6.04 Å². The van der Waals surface area contributed by atoms with E-state index in [9.17, 15) is 19.1 Å². The number of benzene rings is 2. The van der Waals surface area contributed by atoms with Crippen LogP contribution in [0.15, 0.2) is 76.1 Å². The second kappa shape index (κ2) is 8.25. The van der Waals surface area contributed by atoms with Crippen LogP contribution in [0.3, 0.4) is 0 Å². The summed E-state index contributed by atoms with van der Waals surface area (Å²) in [4.78, 5) is 26.2. The van der Waals surface area contributed by atoms with Crippen LogP contribution in [0.1, 0.15) is 17.4 Å². The van der Waals surface area contributed by atoms with Gasteiger partial charge in [0, 0.05) is 11.6 Å². The molecule has 1 N–H and O–H groups in total. The smallest absolute Gasteiger partial charge is 0.331 e. The zero-order valence-corrected chi connectivity index (χ0v) is 17.0. The minimum atomic E-state index is -1.21. The van der Waals surface area contributed by atoms with E-state index in [1.807, 2.05) is 0 Å². The fraction of sp³-hybridized carbons (Fsp3) is 0.0455. The molecule has 1 amide bonds. The Labute approximate surface area is 180 Å². The maximum absolute atomic E-state index is 13.1. The van der Waals surface area contributed by atoms with Crippen molar-refractivity contribution < 1.29 is 23.5 Å². The van der Waals surface area contributed by atoms with Gasteiger partial charge in [0.05, 0.1) is 4.91 Å². The van der Waals surface area contributed by atoms with E-state index in [2.05, 4.69) is 0 Å². The Morgan fingerprint density at radius 2 is 1.80 bits per heavy atom. The fourth-order valence-corrected chi connectivity index (χ4v) is 4.36. The summed E-state index contributed by atoms with van der Waals surface area (Å²) in [6.07, 6.45) is 1.52. The molecule has 4 rings (SSSR count). The van der Waals surface area contributed by atoms with Crippen LogP contribution < -0.4 is 0 Å². The van der Waals surface area contributed by atoms with E-state index in [1.165, 1.54) is 18.2 Å². The first kappa shape index (κ1) is 20.1. The van der Waals surface area contributed by atoms with E-state index in [-0.39, 0.29) is 15.0 Å². The van der Waals surface area contributed by atoms with Crippen LogP contribution in [0.25, 0.3) is 17.4 Å². The number of rotatable bonds is 5. The number of furan rings is 1. The van der Waals surface area contributed by atoms with Crippen LogP contribution in [-0.2, 0) is 9.59 Å². The molecular formula is C22H14FNO4S2. The molecule has 1 atom stereocenters. The highest BCUT2D eigenvalue weighted by Gasteiger charge is 2.41. The van der Waals surface area contributed by atoms with Gasteiger partial charge in [-0.3, -0.25) is 9.69 Å². The van der Waals surface area contributed by atoms with Crippen molar-refractivity contribution in [2.24, 2.45) is 0 Å². The van der Waals surface area contributed by atoms with Crippen molar-refractivity contribution in [1.82, 2.24) is 4.90 Å². The average Bonchev–Trinajstić information content (AvgIpc) is 3.30. The highest BCUT2D eigenvalue weighted by atomic mass is 32.2. The molecule has 1 aromatic heterocycles. The first-order valence-corrected chi connectivity index (χ1v) is 10.1. The molecule has 0 aliphatic carbocycles. The van der Waals surface area contributed by atoms with Gasteiger partial charge in [-0.2, -0.15) is 0 Å². The van der Waals surface area contributed by atoms with Crippen molar-refractivity contribution in [3.63, 3.8) is 0 Å². The SMILES string of the molecule is O=C(O)C(c1ccccc1)N1C(=O)/C(=C/c2ccc(-c3ccc(F)cc3)o2)SC1=S. The maximum Gasteiger partial charge on any atom is 0.331 e. The number of halogens is 1. The van der Waals surface area contributed by atoms with Gasteiger partial charge in [-0.15, -0.1) is 0 Å². The standard InChI is InChI=1S/C22H14FNO4S2/c23-15-8-6-13(7-9-15)17-11-10-16(28-17)12-18-20(25)24(22(29)30-18)19(21(26)27)14-4-2-1-3-5-14/h1-12,19H,(H,26,27)/b18-12-. The lowest BCUT2D eigenvalue weighted by Crippen LogP contribution is -2.37. The fourth-order valence-electron chi connectivity index (χ4n) is 3.07. The number of hydrogen-bond acceptors (Lipinski definition) is 5. The number of carbonyl (C=O) groups is 2. The van der Waals surface area contributed by atoms with E-state index < -0.39 is 17.9 Å². The number of hydrogen-bond donors (Lipinski definition) is 1. The minimum absolute atomic E-state index is 0.160. The van der Waals surface area contributed by atoms with E-state index in [0.717, 1.165) is 16.7 Å². The predicted molar refractivity (Wildman–Crippen MR) is 116 cm³/mol. The maximum atomic E-state index is 13.1. The molecule has 3 aromatic rings. The Kier molecular flexibility index (Phi) is 5.52. The molecule has 0 bridgehead atoms. The molecule has 8 heteroatoms. The lowest BCUT2D eigenvalue weighted by atomic mass is 10.1. The largest absolute Gasteiger partial charge is 0.479 e. The number of thioether (sulfide) groups is 1. The predicted octanol–water partition coefficient (Wildman–Crippen LogP) is 5.11. The summed E-state index contributed by atoms with van der Waals surface area (Å²) in [6.45, 7) is 0. The van der Waals surface area contributed by atoms with Gasteiger partial charge in [-0.05, 0) is 42.0 Å². The van der Waals surface area contributed by atoms with Crippen LogP contribution in [0, 0.1) is 5.82 Å². The zero-order chi connectivity index (χ0) is 21.3. The van der Waals surface area contributed by atoms with Gasteiger partial charge in [0.2, 0.25) is 0 Å². The lowest BCUT2D eigenvalue weighted by Gasteiger charge is -2.23. The number of aliphatic carboxylic acids is 1. The summed E-state index contributed by atoms with van der Waals surface area (Å²) >= 11 is 6.32. The van der Waals surface area contributed by atoms with Crippen molar-refractivity contribution in [2.45, 2.75) is 6.04 Å². The van der Waals surface area contributed by atoms with Crippen LogP contribution >= 0.6 is 24.0 Å². The number of amides is 1. The number of nitrogens with zero attached hydrogens (tertiary/aromatic N) is 1. The third kappa shape index (κ3) is 3.92. The Bertz CT molecular complexity index is 1160. The topological polar surface area (TPSA) is 70.8 Å². The van der Waals surface area contributed by atoms with E-state index >= 15 is 0 Å². The number of carboxylic acids is 1. The van der Waals surface area contributed by atoms with Gasteiger partial charge in [0.25, 0.3) is 5.91 Å². The van der Waals surface area contributed by atoms with Crippen LogP contribution in [0.2, 0.25) is 0 Å². The Hall–Kier alpha value is -3.23. The Morgan fingerprint density at radius 3 is 2.47 bits per heavy atom. The summed E-state index contributed by atoms with van der Waals surface area (Å²) < 4.78 is 19.0. The molecule has 1 aliphatic heterocycles. The zero-order valence-electron chi connectivity index (χ0n) is 15.3. The molecule has 0 radical (unpaired) electrons. The van der Waals surface area contributed by atoms with Crippen molar-refractivity contribution in [3.8, 4) is 11.3 Å². The number of carboxylic acid groups (broad SMARTS) is 1. The third-order valence-electron chi connectivity index (χ3n) is 4.46. The van der Waals surface area contributed by atoms with Crippen molar-refractivity contribution in [2.75, 3.05) is 0 Å². The van der Waals surface area contributed by atoms with Crippen LogP contribution in [0.4, 0.5) is 4.39 Å². The molecule has 5 nitrogen and oxygen atoms in total. The van der Waals surface area contributed by atoms with Gasteiger partial charge in [-0.25, -0.2) is 9.18 Å². The minimum Gasteiger partial charge on any atom is -0.479 e. The molecule has 1 aliphatic rings. The van der Waals surface area contributed by atoms with Crippen molar-refractivity contribution in [3.05, 3.63) is 88.8 Å². The molecule has 1 saturated heterocycles.